The Morgan fingerprint density at radius 2 is 1.86 bits per heavy atom. The third-order valence-electron chi connectivity index (χ3n) is 5.54. The predicted octanol–water partition coefficient (Wildman–Crippen LogP) is 3.39. The molecule has 0 bridgehead atoms. The van der Waals surface area contributed by atoms with Crippen LogP contribution in [0.25, 0.3) is 0 Å². The van der Waals surface area contributed by atoms with E-state index in [0.29, 0.717) is 12.1 Å². The van der Waals surface area contributed by atoms with E-state index < -0.39 is 0 Å². The zero-order valence-electron chi connectivity index (χ0n) is 15.2. The van der Waals surface area contributed by atoms with Crippen molar-refractivity contribution in [3.05, 3.63) is 0 Å². The molecular formula is C18H38N2O. The summed E-state index contributed by atoms with van der Waals surface area (Å²) in [5.41, 5.74) is 0. The fourth-order valence-electron chi connectivity index (χ4n) is 4.26. The van der Waals surface area contributed by atoms with Crippen LogP contribution >= 0.6 is 0 Å². The standard InChI is InChI=1S/C18H38N2O/c1-7-16(8-2)20(9-10-21-6)13-17-15(4)11-14(3)12-18(17)19-5/h14-19H,7-13H2,1-6H3. The Morgan fingerprint density at radius 3 is 2.38 bits per heavy atom. The quantitative estimate of drug-likeness (QED) is 0.706. The number of methoxy groups -OCH3 is 1. The monoisotopic (exact) mass is 298 g/mol. The highest BCUT2D eigenvalue weighted by molar-refractivity contribution is 4.89. The van der Waals surface area contributed by atoms with Crippen molar-refractivity contribution >= 4 is 0 Å². The van der Waals surface area contributed by atoms with Crippen molar-refractivity contribution in [2.45, 2.75) is 65.5 Å². The van der Waals surface area contributed by atoms with Crippen LogP contribution in [0.1, 0.15) is 53.4 Å². The first-order valence-electron chi connectivity index (χ1n) is 8.97. The summed E-state index contributed by atoms with van der Waals surface area (Å²) < 4.78 is 5.34. The maximum Gasteiger partial charge on any atom is 0.0589 e. The van der Waals surface area contributed by atoms with Crippen molar-refractivity contribution in [2.24, 2.45) is 17.8 Å². The van der Waals surface area contributed by atoms with E-state index >= 15 is 0 Å². The summed E-state index contributed by atoms with van der Waals surface area (Å²) in [6, 6.07) is 1.37. The molecular weight excluding hydrogens is 260 g/mol. The molecule has 1 saturated carbocycles. The van der Waals surface area contributed by atoms with Crippen LogP contribution in [-0.2, 0) is 4.74 Å². The van der Waals surface area contributed by atoms with Crippen molar-refractivity contribution < 1.29 is 4.74 Å². The van der Waals surface area contributed by atoms with Gasteiger partial charge in [-0.3, -0.25) is 4.90 Å². The fraction of sp³-hybridized carbons (Fsp3) is 1.00. The van der Waals surface area contributed by atoms with Gasteiger partial charge in [-0.05, 0) is 50.5 Å². The summed E-state index contributed by atoms with van der Waals surface area (Å²) in [6.45, 7) is 12.6. The van der Waals surface area contributed by atoms with Crippen molar-refractivity contribution in [3.63, 3.8) is 0 Å². The van der Waals surface area contributed by atoms with E-state index in [9.17, 15) is 0 Å². The topological polar surface area (TPSA) is 24.5 Å². The van der Waals surface area contributed by atoms with E-state index in [-0.39, 0.29) is 0 Å². The fourth-order valence-corrected chi connectivity index (χ4v) is 4.26. The maximum atomic E-state index is 5.34. The molecule has 1 rings (SSSR count). The lowest BCUT2D eigenvalue weighted by Gasteiger charge is -2.43. The zero-order valence-corrected chi connectivity index (χ0v) is 15.2. The molecule has 1 aliphatic rings. The summed E-state index contributed by atoms with van der Waals surface area (Å²) in [5.74, 6) is 2.43. The molecule has 0 aromatic heterocycles. The Kier molecular flexibility index (Phi) is 8.84. The number of hydrogen-bond acceptors (Lipinski definition) is 3. The van der Waals surface area contributed by atoms with Crippen LogP contribution in [0.5, 0.6) is 0 Å². The smallest absolute Gasteiger partial charge is 0.0589 e. The zero-order chi connectivity index (χ0) is 15.8. The first kappa shape index (κ1) is 18.9. The Labute approximate surface area is 132 Å². The molecule has 0 spiro atoms. The molecule has 0 saturated heterocycles. The minimum absolute atomic E-state index is 0.670. The van der Waals surface area contributed by atoms with Crippen molar-refractivity contribution in [2.75, 3.05) is 33.9 Å². The number of ether oxygens (including phenoxy) is 1. The van der Waals surface area contributed by atoms with Gasteiger partial charge in [0.15, 0.2) is 0 Å². The second kappa shape index (κ2) is 9.81. The highest BCUT2D eigenvalue weighted by Crippen LogP contribution is 2.34. The SMILES string of the molecule is CCC(CC)N(CCOC)CC1C(C)CC(C)CC1NC. The lowest BCUT2D eigenvalue weighted by atomic mass is 9.72. The molecule has 126 valence electrons. The molecule has 4 unspecified atom stereocenters. The molecule has 1 fully saturated rings. The van der Waals surface area contributed by atoms with Gasteiger partial charge in [0.1, 0.15) is 0 Å². The van der Waals surface area contributed by atoms with Crippen molar-refractivity contribution in [3.8, 4) is 0 Å². The van der Waals surface area contributed by atoms with Crippen LogP contribution < -0.4 is 5.32 Å². The average Bonchev–Trinajstić information content (AvgIpc) is 2.47. The van der Waals surface area contributed by atoms with Crippen LogP contribution in [0.4, 0.5) is 0 Å². The molecule has 1 N–H and O–H groups in total. The van der Waals surface area contributed by atoms with Crippen molar-refractivity contribution in [1.29, 1.82) is 0 Å². The molecule has 21 heavy (non-hydrogen) atoms. The Morgan fingerprint density at radius 1 is 1.19 bits per heavy atom. The molecule has 4 atom stereocenters. The molecule has 3 heteroatoms. The van der Waals surface area contributed by atoms with E-state index in [0.717, 1.165) is 30.9 Å². The summed E-state index contributed by atoms with van der Waals surface area (Å²) >= 11 is 0. The van der Waals surface area contributed by atoms with Gasteiger partial charge in [0.05, 0.1) is 6.61 Å². The molecule has 0 amide bonds. The molecule has 0 radical (unpaired) electrons. The molecule has 1 aliphatic carbocycles. The number of rotatable bonds is 9. The van der Waals surface area contributed by atoms with Gasteiger partial charge in [-0.1, -0.05) is 27.7 Å². The molecule has 0 aromatic rings. The predicted molar refractivity (Wildman–Crippen MR) is 91.7 cm³/mol. The van der Waals surface area contributed by atoms with Gasteiger partial charge in [0, 0.05) is 32.3 Å². The van der Waals surface area contributed by atoms with Gasteiger partial charge in [-0.25, -0.2) is 0 Å². The Hall–Kier alpha value is -0.120. The first-order chi connectivity index (χ1) is 10.1. The summed E-state index contributed by atoms with van der Waals surface area (Å²) in [4.78, 5) is 2.69. The largest absolute Gasteiger partial charge is 0.383 e. The van der Waals surface area contributed by atoms with Gasteiger partial charge >= 0.3 is 0 Å². The second-order valence-electron chi connectivity index (χ2n) is 7.07. The van der Waals surface area contributed by atoms with Crippen LogP contribution in [0.15, 0.2) is 0 Å². The molecule has 0 aliphatic heterocycles. The summed E-state index contributed by atoms with van der Waals surface area (Å²) in [6.07, 6.45) is 5.18. The first-order valence-corrected chi connectivity index (χ1v) is 8.97. The van der Waals surface area contributed by atoms with Gasteiger partial charge in [0.2, 0.25) is 0 Å². The van der Waals surface area contributed by atoms with Crippen LogP contribution in [0, 0.1) is 17.8 Å². The van der Waals surface area contributed by atoms with Gasteiger partial charge < -0.3 is 10.1 Å². The summed E-state index contributed by atoms with van der Waals surface area (Å²) in [7, 11) is 3.95. The minimum atomic E-state index is 0.670. The lowest BCUT2D eigenvalue weighted by molar-refractivity contribution is 0.0592. The average molecular weight is 299 g/mol. The van der Waals surface area contributed by atoms with Gasteiger partial charge in [0.25, 0.3) is 0 Å². The molecule has 0 heterocycles. The minimum Gasteiger partial charge on any atom is -0.383 e. The van der Waals surface area contributed by atoms with E-state index in [1.165, 1.54) is 32.2 Å². The van der Waals surface area contributed by atoms with Crippen LogP contribution in [0.2, 0.25) is 0 Å². The van der Waals surface area contributed by atoms with Gasteiger partial charge in [-0.15, -0.1) is 0 Å². The van der Waals surface area contributed by atoms with E-state index in [1.807, 2.05) is 7.11 Å². The third-order valence-corrected chi connectivity index (χ3v) is 5.54. The molecule has 3 nitrogen and oxygen atoms in total. The number of nitrogens with zero attached hydrogens (tertiary/aromatic N) is 1. The van der Waals surface area contributed by atoms with E-state index in [1.54, 1.807) is 0 Å². The third kappa shape index (κ3) is 5.54. The second-order valence-corrected chi connectivity index (χ2v) is 7.07. The van der Waals surface area contributed by atoms with Crippen LogP contribution in [0.3, 0.4) is 0 Å². The van der Waals surface area contributed by atoms with Crippen molar-refractivity contribution in [1.82, 2.24) is 10.2 Å². The normalized spacial score (nSPS) is 30.3. The lowest BCUT2D eigenvalue weighted by Crippen LogP contribution is -2.50. The Balaban J connectivity index is 2.73. The van der Waals surface area contributed by atoms with Crippen LogP contribution in [-0.4, -0.2) is 50.8 Å². The highest BCUT2D eigenvalue weighted by Gasteiger charge is 2.34. The summed E-state index contributed by atoms with van der Waals surface area (Å²) in [5, 5.41) is 3.59. The van der Waals surface area contributed by atoms with Gasteiger partial charge in [-0.2, -0.15) is 0 Å². The maximum absolute atomic E-state index is 5.34. The number of nitrogens with one attached hydrogen (secondary N) is 1. The van der Waals surface area contributed by atoms with E-state index in [4.69, 9.17) is 4.74 Å². The van der Waals surface area contributed by atoms with E-state index in [2.05, 4.69) is 45.0 Å². The number of hydrogen-bond donors (Lipinski definition) is 1. The Bertz CT molecular complexity index is 268. The molecule has 0 aromatic carbocycles. The highest BCUT2D eigenvalue weighted by atomic mass is 16.5.